The molecule has 0 heterocycles. The second kappa shape index (κ2) is 69.9. The lowest BCUT2D eigenvalue weighted by Gasteiger charge is -2.18. The summed E-state index contributed by atoms with van der Waals surface area (Å²) in [6.45, 7) is 6.58. The highest BCUT2D eigenvalue weighted by molar-refractivity contribution is 5.71. The van der Waals surface area contributed by atoms with Crippen LogP contribution in [0, 0.1) is 0 Å². The summed E-state index contributed by atoms with van der Waals surface area (Å²) in [6, 6.07) is 0. The number of hydrogen-bond acceptors (Lipinski definition) is 6. The Morgan fingerprint density at radius 2 is 0.481 bits per heavy atom. The largest absolute Gasteiger partial charge is 0.462 e. The van der Waals surface area contributed by atoms with E-state index in [-0.39, 0.29) is 31.1 Å². The zero-order valence-corrected chi connectivity index (χ0v) is 54.6. The van der Waals surface area contributed by atoms with Crippen molar-refractivity contribution in [2.24, 2.45) is 0 Å². The number of ether oxygens (including phenoxy) is 3. The molecule has 0 aliphatic heterocycles. The van der Waals surface area contributed by atoms with Gasteiger partial charge >= 0.3 is 17.9 Å². The van der Waals surface area contributed by atoms with Gasteiger partial charge in [-0.3, -0.25) is 14.4 Å². The minimum absolute atomic E-state index is 0.0751. The summed E-state index contributed by atoms with van der Waals surface area (Å²) >= 11 is 0. The number of allylic oxidation sites excluding steroid dienone is 8. The zero-order valence-electron chi connectivity index (χ0n) is 54.6. The van der Waals surface area contributed by atoms with Gasteiger partial charge in [0.05, 0.1) is 0 Å². The molecule has 1 atom stereocenters. The molecule has 0 aliphatic carbocycles. The molecular weight excluding hydrogens is 997 g/mol. The van der Waals surface area contributed by atoms with Gasteiger partial charge in [0.25, 0.3) is 0 Å². The maximum atomic E-state index is 12.9. The fourth-order valence-electron chi connectivity index (χ4n) is 10.9. The molecule has 0 amide bonds. The number of carbonyl (C=O) groups excluding carboxylic acids is 3. The van der Waals surface area contributed by atoms with E-state index >= 15 is 0 Å². The Morgan fingerprint density at radius 1 is 0.259 bits per heavy atom. The van der Waals surface area contributed by atoms with Crippen molar-refractivity contribution in [1.82, 2.24) is 0 Å². The van der Waals surface area contributed by atoms with E-state index in [0.29, 0.717) is 19.3 Å². The van der Waals surface area contributed by atoms with Gasteiger partial charge in [-0.25, -0.2) is 0 Å². The maximum absolute atomic E-state index is 12.9. The summed E-state index contributed by atoms with van der Waals surface area (Å²) in [5.74, 6) is -0.866. The van der Waals surface area contributed by atoms with Gasteiger partial charge in [0, 0.05) is 19.3 Å². The molecule has 0 aromatic heterocycles. The minimum Gasteiger partial charge on any atom is -0.462 e. The van der Waals surface area contributed by atoms with Crippen molar-refractivity contribution < 1.29 is 28.6 Å². The van der Waals surface area contributed by atoms with Crippen LogP contribution in [0.5, 0.6) is 0 Å². The third-order valence-corrected chi connectivity index (χ3v) is 16.3. The van der Waals surface area contributed by atoms with Crippen molar-refractivity contribution in [3.8, 4) is 0 Å². The summed E-state index contributed by atoms with van der Waals surface area (Å²) in [7, 11) is 0. The zero-order chi connectivity index (χ0) is 58.5. The van der Waals surface area contributed by atoms with Gasteiger partial charge in [-0.1, -0.05) is 345 Å². The van der Waals surface area contributed by atoms with Gasteiger partial charge in [-0.2, -0.15) is 0 Å². The standard InChI is InChI=1S/C75H138O6/c1-4-7-10-13-16-19-22-25-28-29-30-31-32-33-34-35-36-37-38-39-40-41-42-43-44-45-48-50-53-56-59-62-65-68-74(77)80-71-72(81-75(78)69-66-63-60-57-54-51-47-27-24-21-18-15-12-9-6-3)70-79-73(76)67-64-61-58-55-52-49-46-26-23-20-17-14-11-8-5-2/h9,12,18,21,27,29-30,47,72H,4-8,10-11,13-17,19-20,22-26,28,31-46,48-71H2,1-3H3/b12-9-,21-18-,30-29-,47-27-. The molecule has 0 saturated heterocycles. The summed E-state index contributed by atoms with van der Waals surface area (Å²) in [5.41, 5.74) is 0. The van der Waals surface area contributed by atoms with Gasteiger partial charge < -0.3 is 14.2 Å². The van der Waals surface area contributed by atoms with Crippen LogP contribution in [0.2, 0.25) is 0 Å². The van der Waals surface area contributed by atoms with E-state index < -0.39 is 6.10 Å². The highest BCUT2D eigenvalue weighted by Gasteiger charge is 2.19. The average molecular weight is 1140 g/mol. The quantitative estimate of drug-likeness (QED) is 0.0261. The minimum atomic E-state index is -0.780. The van der Waals surface area contributed by atoms with Crippen molar-refractivity contribution in [2.75, 3.05) is 13.2 Å². The lowest BCUT2D eigenvalue weighted by Crippen LogP contribution is -2.30. The van der Waals surface area contributed by atoms with Gasteiger partial charge in [-0.15, -0.1) is 0 Å². The molecule has 0 radical (unpaired) electrons. The van der Waals surface area contributed by atoms with Crippen molar-refractivity contribution in [3.63, 3.8) is 0 Å². The number of unbranched alkanes of at least 4 members (excludes halogenated alkanes) is 48. The summed E-state index contributed by atoms with van der Waals surface area (Å²) in [6.07, 6.45) is 88.8. The first kappa shape index (κ1) is 78.4. The van der Waals surface area contributed by atoms with E-state index in [9.17, 15) is 14.4 Å². The van der Waals surface area contributed by atoms with E-state index in [0.717, 1.165) is 96.3 Å². The van der Waals surface area contributed by atoms with Crippen molar-refractivity contribution in [1.29, 1.82) is 0 Å². The first-order valence-corrected chi connectivity index (χ1v) is 36.1. The molecule has 1 unspecified atom stereocenters. The number of carbonyl (C=O) groups is 3. The number of hydrogen-bond donors (Lipinski definition) is 0. The first-order chi connectivity index (χ1) is 40.0. The molecule has 81 heavy (non-hydrogen) atoms. The van der Waals surface area contributed by atoms with E-state index in [1.807, 2.05) is 0 Å². The van der Waals surface area contributed by atoms with Gasteiger partial charge in [0.1, 0.15) is 13.2 Å². The molecular formula is C75H138O6. The lowest BCUT2D eigenvalue weighted by atomic mass is 10.0. The Labute approximate surface area is 505 Å². The Hall–Kier alpha value is -2.63. The lowest BCUT2D eigenvalue weighted by molar-refractivity contribution is -0.167. The summed E-state index contributed by atoms with van der Waals surface area (Å²) in [4.78, 5) is 38.4. The number of esters is 3. The molecule has 0 spiro atoms. The van der Waals surface area contributed by atoms with Gasteiger partial charge in [0.2, 0.25) is 0 Å². The molecule has 0 saturated carbocycles. The molecule has 0 aromatic carbocycles. The first-order valence-electron chi connectivity index (χ1n) is 36.1. The van der Waals surface area contributed by atoms with Gasteiger partial charge in [-0.05, 0) is 77.0 Å². The predicted octanol–water partition coefficient (Wildman–Crippen LogP) is 24.9. The van der Waals surface area contributed by atoms with Crippen LogP contribution in [-0.2, 0) is 28.6 Å². The Kier molecular flexibility index (Phi) is 67.6. The molecule has 0 aliphatic rings. The van der Waals surface area contributed by atoms with Crippen LogP contribution < -0.4 is 0 Å². The van der Waals surface area contributed by atoms with E-state index in [1.165, 1.54) is 257 Å². The van der Waals surface area contributed by atoms with Crippen LogP contribution in [0.25, 0.3) is 0 Å². The second-order valence-electron chi connectivity index (χ2n) is 24.5. The molecule has 0 bridgehead atoms. The topological polar surface area (TPSA) is 78.9 Å². The molecule has 0 aromatic rings. The third-order valence-electron chi connectivity index (χ3n) is 16.3. The summed E-state index contributed by atoms with van der Waals surface area (Å²) < 4.78 is 17.0. The van der Waals surface area contributed by atoms with Crippen LogP contribution in [-0.4, -0.2) is 37.2 Å². The highest BCUT2D eigenvalue weighted by atomic mass is 16.6. The van der Waals surface area contributed by atoms with Crippen molar-refractivity contribution in [2.45, 2.75) is 399 Å². The molecule has 474 valence electrons. The third kappa shape index (κ3) is 68.0. The van der Waals surface area contributed by atoms with E-state index in [4.69, 9.17) is 14.2 Å². The highest BCUT2D eigenvalue weighted by Crippen LogP contribution is 2.19. The predicted molar refractivity (Wildman–Crippen MR) is 353 cm³/mol. The van der Waals surface area contributed by atoms with Crippen molar-refractivity contribution >= 4 is 17.9 Å². The van der Waals surface area contributed by atoms with Crippen LogP contribution in [0.3, 0.4) is 0 Å². The maximum Gasteiger partial charge on any atom is 0.306 e. The van der Waals surface area contributed by atoms with Crippen LogP contribution >= 0.6 is 0 Å². The fraction of sp³-hybridized carbons (Fsp3) is 0.853. The van der Waals surface area contributed by atoms with E-state index in [2.05, 4.69) is 69.4 Å². The van der Waals surface area contributed by atoms with Crippen LogP contribution in [0.15, 0.2) is 48.6 Å². The molecule has 0 fully saturated rings. The van der Waals surface area contributed by atoms with Crippen molar-refractivity contribution in [3.05, 3.63) is 48.6 Å². The Morgan fingerprint density at radius 3 is 0.765 bits per heavy atom. The fourth-order valence-corrected chi connectivity index (χ4v) is 10.9. The van der Waals surface area contributed by atoms with E-state index in [1.54, 1.807) is 0 Å². The smallest absolute Gasteiger partial charge is 0.306 e. The van der Waals surface area contributed by atoms with Crippen LogP contribution in [0.4, 0.5) is 0 Å². The second-order valence-corrected chi connectivity index (χ2v) is 24.5. The Bertz CT molecular complexity index is 1400. The average Bonchev–Trinajstić information content (AvgIpc) is 3.47. The molecule has 6 nitrogen and oxygen atoms in total. The van der Waals surface area contributed by atoms with Crippen LogP contribution in [0.1, 0.15) is 393 Å². The Balaban J connectivity index is 4.11. The van der Waals surface area contributed by atoms with Gasteiger partial charge in [0.15, 0.2) is 6.10 Å². The molecule has 0 rings (SSSR count). The summed E-state index contributed by atoms with van der Waals surface area (Å²) in [5, 5.41) is 0. The molecule has 6 heteroatoms. The number of rotatable bonds is 67. The SMILES string of the molecule is CC/C=C\C/C=C\C/C=C\CCCCCCCC(=O)OC(COC(=O)CCCCCCCCCCCCCCCCC)COC(=O)CCCCCCCCCCCCCCCCCCCCCCC/C=C\CCCCCCCCCC. The normalized spacial score (nSPS) is 12.3. The monoisotopic (exact) mass is 1140 g/mol. The molecule has 0 N–H and O–H groups in total.